The van der Waals surface area contributed by atoms with E-state index in [1.54, 1.807) is 18.4 Å². The lowest BCUT2D eigenvalue weighted by Gasteiger charge is -2.25. The van der Waals surface area contributed by atoms with Crippen LogP contribution in [0.5, 0.6) is 5.75 Å². The second-order valence-electron chi connectivity index (χ2n) is 5.76. The highest BCUT2D eigenvalue weighted by atomic mass is 32.2. The van der Waals surface area contributed by atoms with E-state index in [4.69, 9.17) is 17.0 Å². The maximum atomic E-state index is 5.70. The quantitative estimate of drug-likeness (QED) is 0.301. The zero-order chi connectivity index (χ0) is 18.9. The van der Waals surface area contributed by atoms with E-state index < -0.39 is 0 Å². The van der Waals surface area contributed by atoms with Crippen molar-refractivity contribution in [1.82, 2.24) is 5.32 Å². The smallest absolute Gasteiger partial charge is 0.173 e. The molecule has 0 saturated carbocycles. The third kappa shape index (κ3) is 5.99. The van der Waals surface area contributed by atoms with Crippen molar-refractivity contribution in [1.29, 1.82) is 0 Å². The van der Waals surface area contributed by atoms with Crippen LogP contribution < -0.4 is 15.0 Å². The van der Waals surface area contributed by atoms with Gasteiger partial charge >= 0.3 is 0 Å². The largest absolute Gasteiger partial charge is 0.497 e. The van der Waals surface area contributed by atoms with Gasteiger partial charge in [0.25, 0.3) is 0 Å². The average molecular weight is 415 g/mol. The fourth-order valence-corrected chi connectivity index (χ4v) is 4.29. The molecule has 0 saturated heterocycles. The number of nitrogens with one attached hydrogen (secondary N) is 1. The summed E-state index contributed by atoms with van der Waals surface area (Å²) in [5, 5.41) is 6.23. The second kappa shape index (κ2) is 10.3. The van der Waals surface area contributed by atoms with Crippen molar-refractivity contribution < 1.29 is 4.74 Å². The first kappa shape index (κ1) is 19.7. The number of thioether (sulfide) groups is 1. The predicted molar refractivity (Wildman–Crippen MR) is 121 cm³/mol. The first-order valence-corrected chi connectivity index (χ1v) is 10.9. The summed E-state index contributed by atoms with van der Waals surface area (Å²) in [4.78, 5) is 4.68. The Kier molecular flexibility index (Phi) is 7.56. The molecule has 6 heteroatoms. The van der Waals surface area contributed by atoms with E-state index >= 15 is 0 Å². The highest BCUT2D eigenvalue weighted by molar-refractivity contribution is 7.99. The molecule has 0 spiro atoms. The molecule has 0 radical (unpaired) electrons. The Hall–Kier alpha value is -2.02. The zero-order valence-electron chi connectivity index (χ0n) is 15.1. The van der Waals surface area contributed by atoms with Crippen molar-refractivity contribution in [3.8, 4) is 5.75 Å². The Morgan fingerprint density at radius 3 is 2.52 bits per heavy atom. The molecule has 0 bridgehead atoms. The number of nitrogens with zero attached hydrogens (tertiary/aromatic N) is 1. The molecular weight excluding hydrogens is 392 g/mol. The Bertz CT molecular complexity index is 820. The Morgan fingerprint density at radius 2 is 1.85 bits per heavy atom. The lowest BCUT2D eigenvalue weighted by Crippen LogP contribution is -2.40. The lowest BCUT2D eigenvalue weighted by atomic mass is 10.2. The van der Waals surface area contributed by atoms with Gasteiger partial charge in [-0.2, -0.15) is 0 Å². The molecule has 3 nitrogen and oxygen atoms in total. The van der Waals surface area contributed by atoms with Gasteiger partial charge in [-0.25, -0.2) is 0 Å². The van der Waals surface area contributed by atoms with Gasteiger partial charge in [0.2, 0.25) is 0 Å². The molecule has 3 aromatic rings. The molecule has 1 aromatic heterocycles. The van der Waals surface area contributed by atoms with Crippen LogP contribution in [0.4, 0.5) is 5.69 Å². The Balaban J connectivity index is 1.61. The van der Waals surface area contributed by atoms with Gasteiger partial charge in [0.15, 0.2) is 5.11 Å². The highest BCUT2D eigenvalue weighted by Gasteiger charge is 2.13. The number of anilines is 1. The van der Waals surface area contributed by atoms with Crippen molar-refractivity contribution in [3.05, 3.63) is 77.0 Å². The van der Waals surface area contributed by atoms with Gasteiger partial charge in [0, 0.05) is 27.8 Å². The van der Waals surface area contributed by atoms with Crippen LogP contribution in [0.3, 0.4) is 0 Å². The minimum Gasteiger partial charge on any atom is -0.497 e. The Labute approximate surface area is 174 Å². The van der Waals surface area contributed by atoms with Gasteiger partial charge in [-0.15, -0.1) is 23.1 Å². The molecule has 0 aliphatic carbocycles. The van der Waals surface area contributed by atoms with Gasteiger partial charge in [-0.1, -0.05) is 24.3 Å². The molecule has 0 unspecified atom stereocenters. The van der Waals surface area contributed by atoms with Crippen LogP contribution in [0.2, 0.25) is 0 Å². The fourth-order valence-electron chi connectivity index (χ4n) is 2.54. The third-order valence-corrected chi connectivity index (χ3v) is 6.15. The van der Waals surface area contributed by atoms with Crippen molar-refractivity contribution >= 4 is 46.1 Å². The van der Waals surface area contributed by atoms with E-state index in [9.17, 15) is 0 Å². The van der Waals surface area contributed by atoms with Gasteiger partial charge in [0.1, 0.15) is 5.75 Å². The van der Waals surface area contributed by atoms with E-state index in [-0.39, 0.29) is 0 Å². The minimum atomic E-state index is 0.738. The molecule has 0 aliphatic heterocycles. The first-order valence-electron chi connectivity index (χ1n) is 8.66. The predicted octanol–water partition coefficient (Wildman–Crippen LogP) is 5.43. The molecule has 27 heavy (non-hydrogen) atoms. The normalized spacial score (nSPS) is 10.4. The first-order chi connectivity index (χ1) is 13.3. The molecule has 2 aromatic carbocycles. The summed E-state index contributed by atoms with van der Waals surface area (Å²) in [7, 11) is 1.68. The average Bonchev–Trinajstić information content (AvgIpc) is 3.23. The number of hydrogen-bond donors (Lipinski definition) is 1. The van der Waals surface area contributed by atoms with Crippen LogP contribution in [0.1, 0.15) is 4.88 Å². The molecular formula is C21H22N2OS3. The topological polar surface area (TPSA) is 24.5 Å². The molecule has 0 fully saturated rings. The zero-order valence-corrected chi connectivity index (χ0v) is 17.6. The van der Waals surface area contributed by atoms with Crippen LogP contribution in [-0.4, -0.2) is 24.5 Å². The van der Waals surface area contributed by atoms with Gasteiger partial charge in [-0.3, -0.25) is 0 Å². The van der Waals surface area contributed by atoms with Crippen LogP contribution in [-0.2, 0) is 6.54 Å². The number of thiophene rings is 1. The molecule has 3 rings (SSSR count). The molecule has 1 heterocycles. The highest BCUT2D eigenvalue weighted by Crippen LogP contribution is 2.23. The number of rotatable bonds is 8. The number of methoxy groups -OCH3 is 1. The van der Waals surface area contributed by atoms with Crippen molar-refractivity contribution in [2.45, 2.75) is 11.4 Å². The summed E-state index contributed by atoms with van der Waals surface area (Å²) in [5.74, 6) is 1.80. The van der Waals surface area contributed by atoms with E-state index in [2.05, 4.69) is 52.0 Å². The van der Waals surface area contributed by atoms with Crippen LogP contribution in [0, 0.1) is 0 Å². The van der Waals surface area contributed by atoms with Crippen molar-refractivity contribution in [2.75, 3.05) is 24.3 Å². The molecule has 140 valence electrons. The SMILES string of the molecule is COc1ccc(N(Cc2cccs2)C(=S)NCCSc2ccccc2)cc1. The number of hydrogen-bond acceptors (Lipinski definition) is 4. The van der Waals surface area contributed by atoms with Crippen LogP contribution >= 0.6 is 35.3 Å². The summed E-state index contributed by atoms with van der Waals surface area (Å²) in [5.41, 5.74) is 1.05. The third-order valence-electron chi connectivity index (χ3n) is 3.91. The van der Waals surface area contributed by atoms with E-state index in [1.165, 1.54) is 9.77 Å². The van der Waals surface area contributed by atoms with E-state index in [1.807, 2.05) is 42.1 Å². The van der Waals surface area contributed by atoms with Crippen molar-refractivity contribution in [2.24, 2.45) is 0 Å². The van der Waals surface area contributed by atoms with Gasteiger partial charge < -0.3 is 15.0 Å². The molecule has 0 amide bonds. The lowest BCUT2D eigenvalue weighted by molar-refractivity contribution is 0.415. The monoisotopic (exact) mass is 414 g/mol. The Morgan fingerprint density at radius 1 is 1.07 bits per heavy atom. The molecule has 1 N–H and O–H groups in total. The number of ether oxygens (including phenoxy) is 1. The van der Waals surface area contributed by atoms with Gasteiger partial charge in [0.05, 0.1) is 13.7 Å². The maximum Gasteiger partial charge on any atom is 0.173 e. The summed E-state index contributed by atoms with van der Waals surface area (Å²) in [6.45, 7) is 1.57. The van der Waals surface area contributed by atoms with Crippen LogP contribution in [0.15, 0.2) is 77.0 Å². The van der Waals surface area contributed by atoms with Crippen LogP contribution in [0.25, 0.3) is 0 Å². The number of benzene rings is 2. The van der Waals surface area contributed by atoms with E-state index in [0.29, 0.717) is 0 Å². The summed E-state index contributed by atoms with van der Waals surface area (Å²) >= 11 is 9.26. The fraction of sp³-hybridized carbons (Fsp3) is 0.190. The van der Waals surface area contributed by atoms with E-state index in [0.717, 1.165) is 35.4 Å². The summed E-state index contributed by atoms with van der Waals surface area (Å²) < 4.78 is 5.27. The van der Waals surface area contributed by atoms with Crippen molar-refractivity contribution in [3.63, 3.8) is 0 Å². The standard InChI is InChI=1S/C21H22N2OS3/c1-24-18-11-9-17(10-12-18)23(16-20-8-5-14-26-20)21(25)22-13-15-27-19-6-3-2-4-7-19/h2-12,14H,13,15-16H2,1H3,(H,22,25). The molecule has 0 atom stereocenters. The molecule has 0 aliphatic rings. The number of thiocarbonyl (C=S) groups is 1. The minimum absolute atomic E-state index is 0.738. The summed E-state index contributed by atoms with van der Waals surface area (Å²) in [6, 6.07) is 22.6. The van der Waals surface area contributed by atoms with Gasteiger partial charge in [-0.05, 0) is 60.1 Å². The summed E-state index contributed by atoms with van der Waals surface area (Å²) in [6.07, 6.45) is 0. The second-order valence-corrected chi connectivity index (χ2v) is 8.34. The maximum absolute atomic E-state index is 5.70.